The topological polar surface area (TPSA) is 218 Å². The first-order valence-electron chi connectivity index (χ1n) is 27.6. The van der Waals surface area contributed by atoms with Crippen LogP contribution in [0.4, 0.5) is 46.2 Å². The zero-order chi connectivity index (χ0) is 58.4. The lowest BCUT2D eigenvalue weighted by molar-refractivity contribution is -0.120. The Hall–Kier alpha value is -8.27. The van der Waals surface area contributed by atoms with Crippen LogP contribution in [0, 0.1) is 0 Å². The number of nitrogens with one attached hydrogen (secondary N) is 5. The van der Waals surface area contributed by atoms with Crippen molar-refractivity contribution in [1.82, 2.24) is 40.0 Å². The van der Waals surface area contributed by atoms with Gasteiger partial charge in [0.1, 0.15) is 23.2 Å². The molecular weight excluding hydrogens is 1030 g/mol. The Labute approximate surface area is 477 Å². The van der Waals surface area contributed by atoms with Crippen LogP contribution in [0.1, 0.15) is 63.2 Å². The summed E-state index contributed by atoms with van der Waals surface area (Å²) in [7, 11) is 12.7. The highest BCUT2D eigenvalue weighted by Gasteiger charge is 2.41. The van der Waals surface area contributed by atoms with Crippen molar-refractivity contribution in [1.29, 1.82) is 0 Å². The van der Waals surface area contributed by atoms with Gasteiger partial charge in [-0.1, -0.05) is 65.0 Å². The van der Waals surface area contributed by atoms with Gasteiger partial charge in [0, 0.05) is 101 Å². The van der Waals surface area contributed by atoms with Gasteiger partial charge in [-0.15, -0.1) is 0 Å². The van der Waals surface area contributed by atoms with Gasteiger partial charge in [0.25, 0.3) is 5.91 Å². The second-order valence-corrected chi connectivity index (χ2v) is 19.1. The maximum Gasteiger partial charge on any atom is 0.251 e. The second kappa shape index (κ2) is 30.9. The summed E-state index contributed by atoms with van der Waals surface area (Å²) in [5.74, 6) is 1.94. The average Bonchev–Trinajstić information content (AvgIpc) is 4.30. The van der Waals surface area contributed by atoms with Gasteiger partial charge in [-0.3, -0.25) is 14.4 Å². The van der Waals surface area contributed by atoms with Crippen LogP contribution >= 0.6 is 0 Å². The number of amides is 3. The third kappa shape index (κ3) is 16.0. The highest BCUT2D eigenvalue weighted by atomic mass is 16.5. The Bertz CT molecular complexity index is 3050. The van der Waals surface area contributed by atoms with Crippen molar-refractivity contribution < 1.29 is 33.3 Å². The summed E-state index contributed by atoms with van der Waals surface area (Å²) in [6.45, 7) is 17.0. The molecular formula is C60H82N14O7. The molecule has 1 fully saturated rings. The molecule has 8 rings (SSSR count). The molecule has 0 radical (unpaired) electrons. The smallest absolute Gasteiger partial charge is 0.251 e. The molecule has 1 atom stereocenters. The molecule has 6 aromatic rings. The van der Waals surface area contributed by atoms with Crippen molar-refractivity contribution in [2.24, 2.45) is 7.05 Å². The van der Waals surface area contributed by atoms with Crippen LogP contribution in [0.25, 0.3) is 22.2 Å². The average molecular weight is 1110 g/mol. The highest BCUT2D eigenvalue weighted by molar-refractivity contribution is 6.05. The number of carbonyl (C=O) groups is 3. The van der Waals surface area contributed by atoms with Crippen LogP contribution in [-0.2, 0) is 26.1 Å². The molecule has 0 spiro atoms. The zero-order valence-corrected chi connectivity index (χ0v) is 48.8. The van der Waals surface area contributed by atoms with Crippen LogP contribution in [0.2, 0.25) is 0 Å². The number of rotatable bonds is 26. The summed E-state index contributed by atoms with van der Waals surface area (Å²) >= 11 is 0. The Morgan fingerprint density at radius 3 is 2.22 bits per heavy atom. The third-order valence-corrected chi connectivity index (χ3v) is 13.9. The van der Waals surface area contributed by atoms with Crippen LogP contribution in [0.5, 0.6) is 11.5 Å². The van der Waals surface area contributed by atoms with Gasteiger partial charge in [0.05, 0.1) is 75.3 Å². The van der Waals surface area contributed by atoms with Gasteiger partial charge in [0.15, 0.2) is 5.82 Å². The number of carbonyl (C=O) groups excluding carboxylic acids is 3. The molecule has 3 amide bonds. The van der Waals surface area contributed by atoms with Crippen LogP contribution in [-0.4, -0.2) is 154 Å². The van der Waals surface area contributed by atoms with E-state index >= 15 is 0 Å². The van der Waals surface area contributed by atoms with Gasteiger partial charge in [-0.25, -0.2) is 15.0 Å². The predicted molar refractivity (Wildman–Crippen MR) is 325 cm³/mol. The molecule has 21 heteroatoms. The fraction of sp³-hybridized carbons (Fsp3) is 0.417. The fourth-order valence-electron chi connectivity index (χ4n) is 9.60. The maximum absolute atomic E-state index is 13.3. The summed E-state index contributed by atoms with van der Waals surface area (Å²) < 4.78 is 25.2. The van der Waals surface area contributed by atoms with E-state index in [1.54, 1.807) is 63.0 Å². The molecule has 1 aliphatic heterocycles. The molecule has 434 valence electrons. The van der Waals surface area contributed by atoms with E-state index < -0.39 is 0 Å². The Morgan fingerprint density at radius 2 is 1.52 bits per heavy atom. The van der Waals surface area contributed by atoms with E-state index in [1.165, 1.54) is 6.08 Å². The van der Waals surface area contributed by atoms with Crippen molar-refractivity contribution in [3.8, 4) is 22.8 Å². The minimum atomic E-state index is -0.348. The first-order valence-corrected chi connectivity index (χ1v) is 27.6. The molecule has 3 aromatic heterocycles. The van der Waals surface area contributed by atoms with Crippen LogP contribution in [0.15, 0.2) is 105 Å². The van der Waals surface area contributed by atoms with Gasteiger partial charge < -0.3 is 69.7 Å². The number of hydrogen-bond acceptors (Lipinski definition) is 17. The second-order valence-electron chi connectivity index (χ2n) is 19.1. The lowest BCUT2D eigenvalue weighted by Crippen LogP contribution is -2.55. The van der Waals surface area contributed by atoms with E-state index in [2.05, 4.69) is 87.3 Å². The third-order valence-electron chi connectivity index (χ3n) is 13.9. The molecule has 81 heavy (non-hydrogen) atoms. The number of fused-ring (bicyclic) bond motifs is 2. The molecule has 1 saturated carbocycles. The monoisotopic (exact) mass is 1110 g/mol. The zero-order valence-electron chi connectivity index (χ0n) is 48.8. The van der Waals surface area contributed by atoms with Gasteiger partial charge >= 0.3 is 0 Å². The van der Waals surface area contributed by atoms with Crippen LogP contribution in [0.3, 0.4) is 0 Å². The number of benzene rings is 3. The number of anilines is 8. The summed E-state index contributed by atoms with van der Waals surface area (Å²) in [5.41, 5.74) is 6.47. The number of ether oxygens (including phenoxy) is 4. The molecule has 21 nitrogen and oxygen atoms in total. The van der Waals surface area contributed by atoms with Crippen molar-refractivity contribution in [2.75, 3.05) is 126 Å². The number of aryl methyl sites for hydroxylation is 1. The maximum atomic E-state index is 13.3. The van der Waals surface area contributed by atoms with Crippen molar-refractivity contribution in [3.63, 3.8) is 0 Å². The van der Waals surface area contributed by atoms with Crippen molar-refractivity contribution in [3.05, 3.63) is 110 Å². The molecule has 1 aliphatic carbocycles. The summed E-state index contributed by atoms with van der Waals surface area (Å²) in [6, 6.07) is 18.9. The first-order chi connectivity index (χ1) is 39.3. The van der Waals surface area contributed by atoms with Gasteiger partial charge in [-0.05, 0) is 75.0 Å². The molecule has 2 aliphatic rings. The molecule has 0 saturated heterocycles. The largest absolute Gasteiger partial charge is 0.495 e. The quantitative estimate of drug-likeness (QED) is 0.0253. The number of hydrogen-bond donors (Lipinski definition) is 5. The first kappa shape index (κ1) is 61.9. The van der Waals surface area contributed by atoms with Crippen molar-refractivity contribution >= 4 is 74.8 Å². The summed E-state index contributed by atoms with van der Waals surface area (Å²) in [6.07, 6.45) is 13.3. The fourth-order valence-corrected chi connectivity index (χ4v) is 9.60. The minimum Gasteiger partial charge on any atom is -0.495 e. The summed E-state index contributed by atoms with van der Waals surface area (Å²) in [5, 5.41) is 16.2. The molecule has 5 N–H and O–H groups in total. The highest BCUT2D eigenvalue weighted by Crippen LogP contribution is 2.41. The van der Waals surface area contributed by atoms with E-state index in [1.807, 2.05) is 79.3 Å². The van der Waals surface area contributed by atoms with E-state index in [-0.39, 0.29) is 29.8 Å². The van der Waals surface area contributed by atoms with E-state index in [9.17, 15) is 14.4 Å². The van der Waals surface area contributed by atoms with E-state index in [0.717, 1.165) is 59.3 Å². The number of likely N-dealkylation sites (N-methyl/N-ethyl adjacent to an activating group) is 3. The van der Waals surface area contributed by atoms with Crippen LogP contribution < -0.4 is 50.8 Å². The normalized spacial score (nSPS) is 13.8. The molecule has 1 unspecified atom stereocenters. The lowest BCUT2D eigenvalue weighted by Gasteiger charge is -2.43. The molecule has 3 aromatic carbocycles. The van der Waals surface area contributed by atoms with E-state index in [4.69, 9.17) is 28.9 Å². The number of methoxy groups -OCH3 is 2. The molecule has 4 heterocycles. The lowest BCUT2D eigenvalue weighted by atomic mass is 10.0. The summed E-state index contributed by atoms with van der Waals surface area (Å²) in [4.78, 5) is 66.0. The standard InChI is InChI=1S/C55H69N13O7.C3H7N.C2H6/c1-9-44-53(71)67(6)47-34-58-55(63-51(47)68(44)37-15-11-12-16-37)61-41-20-19-36(31-48(41)72-7)52(70)56-23-27-74-29-30-75-28-26-64(3)24-25-65(4)46-33-49(73-8)43(32-42(46)59-50(69)10-2)62-54-57-22-21-40(60-54)39-35-66(5)45-18-14-13-17-38(39)45;1-3-4-2;1-2/h10,13-14,17-22,31-35,37,44H,2,9,11-12,15-16,23-30H2,1,3-8H3,(H,56,70)(H,59,69)(H,57,60,62)(H,58,61,63);3-4H,1H2,2H3;1-2H3. The Kier molecular flexibility index (Phi) is 23.6. The Balaban J connectivity index is 0.00000169. The number of aromatic nitrogens is 5. The predicted octanol–water partition coefficient (Wildman–Crippen LogP) is 8.76. The minimum absolute atomic E-state index is 0.0589. The SMILES string of the molecule is C=CC(=O)Nc1cc(Nc2nccc(-c3cn(C)c4ccccc34)n2)c(OC)cc1N(C)CCN(C)CCOCCOCCNC(=O)c1ccc(Nc2ncc3c(n2)N(C2CCCC2)C(CC)C(=O)N3C)c(OC)c1.C=CNC.CC. The van der Waals surface area contributed by atoms with Gasteiger partial charge in [-0.2, -0.15) is 4.98 Å². The molecule has 0 bridgehead atoms. The van der Waals surface area contributed by atoms with Gasteiger partial charge in [0.2, 0.25) is 23.7 Å². The van der Waals surface area contributed by atoms with E-state index in [0.29, 0.717) is 111 Å². The van der Waals surface area contributed by atoms with Crippen molar-refractivity contribution in [2.45, 2.75) is 65.0 Å². The number of para-hydroxylation sites is 1. The number of nitrogens with zero attached hydrogens (tertiary/aromatic N) is 9. The Morgan fingerprint density at radius 1 is 0.827 bits per heavy atom.